The van der Waals surface area contributed by atoms with Gasteiger partial charge in [0, 0.05) is 6.54 Å². The number of aromatic hydroxyl groups is 1. The Balaban J connectivity index is 1.54. The van der Waals surface area contributed by atoms with Crippen LogP contribution in [0.1, 0.15) is 5.56 Å². The molecule has 0 aromatic heterocycles. The van der Waals surface area contributed by atoms with Crippen LogP contribution < -0.4 is 5.32 Å². The largest absolute Gasteiger partial charge is 0.508 e. The van der Waals surface area contributed by atoms with E-state index in [1.165, 1.54) is 0 Å². The normalized spacial score (nSPS) is 40.3. The molecule has 0 spiro atoms. The number of ether oxygens (including phenoxy) is 3. The second-order valence-corrected chi connectivity index (χ2v) is 7.97. The predicted molar refractivity (Wildman–Crippen MR) is 106 cm³/mol. The number of phenolic OH excluding ortho intramolecular Hbond substituents is 1. The minimum Gasteiger partial charge on any atom is -0.508 e. The van der Waals surface area contributed by atoms with Crippen molar-refractivity contribution in [3.63, 3.8) is 0 Å². The van der Waals surface area contributed by atoms with Gasteiger partial charge >= 0.3 is 0 Å². The van der Waals surface area contributed by atoms with Crippen LogP contribution in [0.3, 0.4) is 0 Å². The Bertz CT molecular complexity index is 705. The summed E-state index contributed by atoms with van der Waals surface area (Å²) in [4.78, 5) is 0. The minimum absolute atomic E-state index is 0.145. The lowest BCUT2D eigenvalue weighted by atomic mass is 9.97. The van der Waals surface area contributed by atoms with Gasteiger partial charge in [0.2, 0.25) is 0 Å². The Morgan fingerprint density at radius 1 is 0.781 bits per heavy atom. The van der Waals surface area contributed by atoms with Crippen molar-refractivity contribution in [3.8, 4) is 5.75 Å². The maximum atomic E-state index is 10.2. The van der Waals surface area contributed by atoms with Crippen LogP contribution in [0.4, 0.5) is 0 Å². The highest BCUT2D eigenvalue weighted by Crippen LogP contribution is 2.25. The third-order valence-corrected chi connectivity index (χ3v) is 5.68. The second-order valence-electron chi connectivity index (χ2n) is 7.97. The molecule has 182 valence electrons. The summed E-state index contributed by atoms with van der Waals surface area (Å²) >= 11 is 0. The van der Waals surface area contributed by atoms with Crippen LogP contribution in [0.5, 0.6) is 5.75 Å². The monoisotopic (exact) mass is 461 g/mol. The van der Waals surface area contributed by atoms with E-state index in [9.17, 15) is 40.9 Å². The summed E-state index contributed by atoms with van der Waals surface area (Å²) in [5, 5.41) is 81.9. The Labute approximate surface area is 184 Å². The van der Waals surface area contributed by atoms with Crippen LogP contribution in [0.2, 0.25) is 0 Å². The quantitative estimate of drug-likeness (QED) is 0.183. The van der Waals surface area contributed by atoms with Gasteiger partial charge in [-0.15, -0.1) is 0 Å². The van der Waals surface area contributed by atoms with Gasteiger partial charge in [-0.05, 0) is 24.1 Å². The minimum atomic E-state index is -1.62. The van der Waals surface area contributed by atoms with E-state index in [2.05, 4.69) is 5.32 Å². The van der Waals surface area contributed by atoms with E-state index in [1.807, 2.05) is 0 Å². The van der Waals surface area contributed by atoms with E-state index in [-0.39, 0.29) is 12.4 Å². The SMILES string of the molecule is OCC1OC(OCC2OC(NCCc3ccc(O)cc3)C(O)C(O)C2O)C(O)C(O)C1O. The van der Waals surface area contributed by atoms with Crippen molar-refractivity contribution in [2.75, 3.05) is 19.8 Å². The summed E-state index contributed by atoms with van der Waals surface area (Å²) in [7, 11) is 0. The van der Waals surface area contributed by atoms with Gasteiger partial charge < -0.3 is 55.1 Å². The van der Waals surface area contributed by atoms with Crippen molar-refractivity contribution in [1.29, 1.82) is 0 Å². The molecule has 0 aliphatic carbocycles. The molecule has 2 heterocycles. The Morgan fingerprint density at radius 2 is 1.41 bits per heavy atom. The molecule has 12 nitrogen and oxygen atoms in total. The van der Waals surface area contributed by atoms with Crippen LogP contribution in [0.15, 0.2) is 24.3 Å². The molecule has 10 atom stereocenters. The summed E-state index contributed by atoms with van der Waals surface area (Å²) < 4.78 is 16.3. The number of phenols is 1. The summed E-state index contributed by atoms with van der Waals surface area (Å²) in [6.45, 7) is -0.648. The van der Waals surface area contributed by atoms with Gasteiger partial charge in [-0.2, -0.15) is 0 Å². The highest BCUT2D eigenvalue weighted by Gasteiger charge is 2.47. The van der Waals surface area contributed by atoms with E-state index >= 15 is 0 Å². The van der Waals surface area contributed by atoms with Gasteiger partial charge in [0.15, 0.2) is 6.29 Å². The molecular weight excluding hydrogens is 430 g/mol. The standard InChI is InChI=1S/C20H31NO11/c22-7-11-13(24)16(27)18(29)20(32-11)30-8-12-14(25)15(26)17(28)19(31-12)21-6-5-9-1-3-10(23)4-2-9/h1-4,11-29H,5-8H2. The number of hydrogen-bond donors (Lipinski definition) is 9. The molecule has 9 N–H and O–H groups in total. The van der Waals surface area contributed by atoms with E-state index in [0.29, 0.717) is 13.0 Å². The third-order valence-electron chi connectivity index (χ3n) is 5.68. The molecule has 10 unspecified atom stereocenters. The maximum Gasteiger partial charge on any atom is 0.186 e. The van der Waals surface area contributed by atoms with Crippen molar-refractivity contribution in [2.24, 2.45) is 0 Å². The second kappa shape index (κ2) is 11.1. The average molecular weight is 461 g/mol. The summed E-state index contributed by atoms with van der Waals surface area (Å²) in [5.74, 6) is 0.145. The maximum absolute atomic E-state index is 10.2. The molecule has 1 aromatic rings. The highest BCUT2D eigenvalue weighted by atomic mass is 16.7. The van der Waals surface area contributed by atoms with E-state index in [0.717, 1.165) is 5.56 Å². The van der Waals surface area contributed by atoms with Gasteiger partial charge in [0.1, 0.15) is 60.8 Å². The zero-order chi connectivity index (χ0) is 23.4. The summed E-state index contributed by atoms with van der Waals surface area (Å²) in [6, 6.07) is 6.58. The zero-order valence-corrected chi connectivity index (χ0v) is 17.2. The van der Waals surface area contributed by atoms with Crippen LogP contribution in [-0.4, -0.2) is 122 Å². The lowest BCUT2D eigenvalue weighted by Crippen LogP contribution is -2.63. The van der Waals surface area contributed by atoms with E-state index in [1.54, 1.807) is 24.3 Å². The van der Waals surface area contributed by atoms with Gasteiger partial charge in [0.25, 0.3) is 0 Å². The first-order valence-electron chi connectivity index (χ1n) is 10.4. The first-order valence-corrected chi connectivity index (χ1v) is 10.4. The van der Waals surface area contributed by atoms with Gasteiger partial charge in [0.05, 0.1) is 13.2 Å². The Morgan fingerprint density at radius 3 is 2.06 bits per heavy atom. The molecule has 32 heavy (non-hydrogen) atoms. The lowest BCUT2D eigenvalue weighted by molar-refractivity contribution is -0.315. The molecule has 0 saturated carbocycles. The zero-order valence-electron chi connectivity index (χ0n) is 17.2. The smallest absolute Gasteiger partial charge is 0.186 e. The first kappa shape index (κ1) is 25.2. The fraction of sp³-hybridized carbons (Fsp3) is 0.700. The van der Waals surface area contributed by atoms with Crippen molar-refractivity contribution in [1.82, 2.24) is 5.32 Å². The number of aliphatic hydroxyl groups excluding tert-OH is 7. The van der Waals surface area contributed by atoms with Crippen molar-refractivity contribution < 1.29 is 55.1 Å². The molecule has 3 rings (SSSR count). The summed E-state index contributed by atoms with van der Waals surface area (Å²) in [6.07, 6.45) is -13.4. The van der Waals surface area contributed by atoms with Crippen LogP contribution in [0, 0.1) is 0 Å². The molecule has 2 aliphatic heterocycles. The van der Waals surface area contributed by atoms with Gasteiger partial charge in [-0.25, -0.2) is 0 Å². The van der Waals surface area contributed by atoms with Crippen molar-refractivity contribution in [2.45, 2.75) is 67.8 Å². The van der Waals surface area contributed by atoms with Crippen molar-refractivity contribution in [3.05, 3.63) is 29.8 Å². The van der Waals surface area contributed by atoms with Crippen molar-refractivity contribution >= 4 is 0 Å². The average Bonchev–Trinajstić information content (AvgIpc) is 2.79. The molecular formula is C20H31NO11. The van der Waals surface area contributed by atoms with Gasteiger partial charge in [-0.1, -0.05) is 12.1 Å². The molecule has 1 aromatic carbocycles. The fourth-order valence-electron chi connectivity index (χ4n) is 3.67. The number of aliphatic hydroxyl groups is 7. The predicted octanol–water partition coefficient (Wildman–Crippen LogP) is -3.85. The number of hydrogen-bond acceptors (Lipinski definition) is 12. The Kier molecular flexibility index (Phi) is 8.77. The molecule has 2 aliphatic rings. The Hall–Kier alpha value is -1.42. The molecule has 0 radical (unpaired) electrons. The van der Waals surface area contributed by atoms with Crippen LogP contribution in [-0.2, 0) is 20.6 Å². The van der Waals surface area contributed by atoms with Crippen LogP contribution in [0.25, 0.3) is 0 Å². The number of benzene rings is 1. The fourth-order valence-corrected chi connectivity index (χ4v) is 3.67. The molecule has 0 bridgehead atoms. The number of rotatable bonds is 8. The number of nitrogens with one attached hydrogen (secondary N) is 1. The lowest BCUT2D eigenvalue weighted by Gasteiger charge is -2.43. The summed E-state index contributed by atoms with van der Waals surface area (Å²) in [5.41, 5.74) is 0.920. The first-order chi connectivity index (χ1) is 15.2. The van der Waals surface area contributed by atoms with Gasteiger partial charge in [-0.3, -0.25) is 5.32 Å². The van der Waals surface area contributed by atoms with E-state index < -0.39 is 68.0 Å². The third kappa shape index (κ3) is 5.73. The highest BCUT2D eigenvalue weighted by molar-refractivity contribution is 5.26. The topological polar surface area (TPSA) is 202 Å². The van der Waals surface area contributed by atoms with Crippen LogP contribution >= 0.6 is 0 Å². The molecule has 2 saturated heterocycles. The molecule has 0 amide bonds. The molecule has 12 heteroatoms. The van der Waals surface area contributed by atoms with E-state index in [4.69, 9.17) is 14.2 Å². The molecule has 2 fully saturated rings.